The van der Waals surface area contributed by atoms with E-state index in [0.717, 1.165) is 43.7 Å². The van der Waals surface area contributed by atoms with Crippen molar-refractivity contribution in [1.29, 1.82) is 0 Å². The molecule has 1 aliphatic heterocycles. The fourth-order valence-electron chi connectivity index (χ4n) is 3.48. The largest absolute Gasteiger partial charge is 0.497 e. The van der Waals surface area contributed by atoms with Crippen molar-refractivity contribution < 1.29 is 9.53 Å². The van der Waals surface area contributed by atoms with Gasteiger partial charge in [0, 0.05) is 18.4 Å². The SMILES string of the molecule is COc1cccc(CC(C)NC(=O)C2(n3cccn3)CCNCC2)c1. The first-order valence-electron chi connectivity index (χ1n) is 8.79. The standard InChI is InChI=1S/C19H26N4O2/c1-15(13-16-5-3-6-17(14-16)25-2)22-18(24)19(7-10-20-11-8-19)23-12-4-9-21-23/h3-6,9,12,14-15,20H,7-8,10-11,13H2,1-2H3,(H,22,24). The molecule has 25 heavy (non-hydrogen) atoms. The summed E-state index contributed by atoms with van der Waals surface area (Å²) in [6, 6.07) is 9.86. The van der Waals surface area contributed by atoms with E-state index in [1.165, 1.54) is 0 Å². The Morgan fingerprint density at radius 2 is 2.20 bits per heavy atom. The average molecular weight is 342 g/mol. The number of nitrogens with zero attached hydrogens (tertiary/aromatic N) is 2. The number of rotatable bonds is 6. The van der Waals surface area contributed by atoms with Crippen LogP contribution in [0.25, 0.3) is 0 Å². The summed E-state index contributed by atoms with van der Waals surface area (Å²) in [5.41, 5.74) is 0.544. The van der Waals surface area contributed by atoms with Crippen LogP contribution in [0.2, 0.25) is 0 Å². The van der Waals surface area contributed by atoms with Crippen LogP contribution in [0.3, 0.4) is 0 Å². The van der Waals surface area contributed by atoms with E-state index in [0.29, 0.717) is 0 Å². The van der Waals surface area contributed by atoms with Crippen molar-refractivity contribution in [1.82, 2.24) is 20.4 Å². The number of piperidine rings is 1. The third kappa shape index (κ3) is 3.85. The Morgan fingerprint density at radius 3 is 2.88 bits per heavy atom. The molecule has 2 aromatic rings. The Balaban J connectivity index is 1.70. The minimum absolute atomic E-state index is 0.0296. The second-order valence-corrected chi connectivity index (χ2v) is 6.66. The monoisotopic (exact) mass is 342 g/mol. The van der Waals surface area contributed by atoms with Gasteiger partial charge in [0.1, 0.15) is 11.3 Å². The third-order valence-electron chi connectivity index (χ3n) is 4.85. The lowest BCUT2D eigenvalue weighted by Crippen LogP contribution is -2.56. The lowest BCUT2D eigenvalue weighted by atomic mass is 9.87. The van der Waals surface area contributed by atoms with Crippen molar-refractivity contribution in [2.24, 2.45) is 0 Å². The number of methoxy groups -OCH3 is 1. The average Bonchev–Trinajstić information content (AvgIpc) is 3.17. The molecule has 1 aromatic heterocycles. The summed E-state index contributed by atoms with van der Waals surface area (Å²) >= 11 is 0. The van der Waals surface area contributed by atoms with E-state index in [-0.39, 0.29) is 11.9 Å². The first-order valence-corrected chi connectivity index (χ1v) is 8.79. The van der Waals surface area contributed by atoms with E-state index in [9.17, 15) is 4.79 Å². The van der Waals surface area contributed by atoms with Crippen molar-refractivity contribution in [3.05, 3.63) is 48.3 Å². The summed E-state index contributed by atoms with van der Waals surface area (Å²) in [5.74, 6) is 0.885. The Morgan fingerprint density at radius 1 is 1.40 bits per heavy atom. The number of hydrogen-bond acceptors (Lipinski definition) is 4. The van der Waals surface area contributed by atoms with Gasteiger partial charge in [0.25, 0.3) is 0 Å². The molecule has 1 aliphatic rings. The predicted octanol–water partition coefficient (Wildman–Crippen LogP) is 1.72. The van der Waals surface area contributed by atoms with Crippen molar-refractivity contribution >= 4 is 5.91 Å². The number of hydrogen-bond donors (Lipinski definition) is 2. The Kier molecular flexibility index (Phi) is 5.38. The molecule has 0 saturated carbocycles. The summed E-state index contributed by atoms with van der Waals surface area (Å²) in [6.07, 6.45) is 5.86. The minimum atomic E-state index is -0.600. The molecule has 1 fully saturated rings. The molecule has 0 aliphatic carbocycles. The number of amides is 1. The minimum Gasteiger partial charge on any atom is -0.497 e. The van der Waals surface area contributed by atoms with E-state index in [2.05, 4.69) is 21.8 Å². The molecule has 1 aromatic carbocycles. The topological polar surface area (TPSA) is 68.2 Å². The second-order valence-electron chi connectivity index (χ2n) is 6.66. The molecular weight excluding hydrogens is 316 g/mol. The fraction of sp³-hybridized carbons (Fsp3) is 0.474. The normalized spacial score (nSPS) is 17.7. The van der Waals surface area contributed by atoms with Crippen LogP contribution < -0.4 is 15.4 Å². The molecular formula is C19H26N4O2. The molecule has 0 spiro atoms. The molecule has 0 radical (unpaired) electrons. The van der Waals surface area contributed by atoms with E-state index in [1.54, 1.807) is 13.3 Å². The molecule has 6 heteroatoms. The molecule has 3 rings (SSSR count). The van der Waals surface area contributed by atoms with Crippen LogP contribution in [0.1, 0.15) is 25.3 Å². The van der Waals surface area contributed by atoms with Gasteiger partial charge in [0.15, 0.2) is 0 Å². The molecule has 1 unspecified atom stereocenters. The quantitative estimate of drug-likeness (QED) is 0.839. The number of carbonyl (C=O) groups excluding carboxylic acids is 1. The first-order chi connectivity index (χ1) is 12.1. The fourth-order valence-corrected chi connectivity index (χ4v) is 3.48. The van der Waals surface area contributed by atoms with Gasteiger partial charge >= 0.3 is 0 Å². The van der Waals surface area contributed by atoms with Crippen molar-refractivity contribution in [2.45, 2.75) is 37.8 Å². The zero-order valence-electron chi connectivity index (χ0n) is 14.9. The molecule has 2 N–H and O–H groups in total. The van der Waals surface area contributed by atoms with Crippen molar-refractivity contribution in [2.75, 3.05) is 20.2 Å². The predicted molar refractivity (Wildman–Crippen MR) is 96.6 cm³/mol. The smallest absolute Gasteiger partial charge is 0.248 e. The van der Waals surface area contributed by atoms with Gasteiger partial charge in [-0.1, -0.05) is 12.1 Å². The van der Waals surface area contributed by atoms with Crippen LogP contribution in [0.15, 0.2) is 42.7 Å². The highest BCUT2D eigenvalue weighted by atomic mass is 16.5. The van der Waals surface area contributed by atoms with Gasteiger partial charge in [-0.15, -0.1) is 0 Å². The molecule has 1 amide bonds. The van der Waals surface area contributed by atoms with Gasteiger partial charge in [0.2, 0.25) is 5.91 Å². The summed E-state index contributed by atoms with van der Waals surface area (Å²) in [4.78, 5) is 13.1. The molecule has 0 bridgehead atoms. The van der Waals surface area contributed by atoms with E-state index in [1.807, 2.05) is 42.1 Å². The number of carbonyl (C=O) groups is 1. The Labute approximate surface area is 148 Å². The van der Waals surface area contributed by atoms with E-state index >= 15 is 0 Å². The van der Waals surface area contributed by atoms with Gasteiger partial charge < -0.3 is 15.4 Å². The zero-order valence-corrected chi connectivity index (χ0v) is 14.9. The third-order valence-corrected chi connectivity index (χ3v) is 4.85. The highest BCUT2D eigenvalue weighted by molar-refractivity contribution is 5.84. The van der Waals surface area contributed by atoms with Gasteiger partial charge in [-0.3, -0.25) is 9.48 Å². The summed E-state index contributed by atoms with van der Waals surface area (Å²) in [5, 5.41) is 10.9. The van der Waals surface area contributed by atoms with Crippen LogP contribution in [-0.2, 0) is 16.8 Å². The number of ether oxygens (including phenoxy) is 1. The zero-order chi connectivity index (χ0) is 17.7. The van der Waals surface area contributed by atoms with Crippen molar-refractivity contribution in [3.8, 4) is 5.75 Å². The molecule has 2 heterocycles. The maximum atomic E-state index is 13.1. The number of nitrogens with one attached hydrogen (secondary N) is 2. The van der Waals surface area contributed by atoms with Crippen LogP contribution in [0, 0.1) is 0 Å². The summed E-state index contributed by atoms with van der Waals surface area (Å²) < 4.78 is 7.09. The lowest BCUT2D eigenvalue weighted by molar-refractivity contribution is -0.132. The van der Waals surface area contributed by atoms with Gasteiger partial charge in [-0.25, -0.2) is 0 Å². The van der Waals surface area contributed by atoms with Crippen LogP contribution in [0.5, 0.6) is 5.75 Å². The highest BCUT2D eigenvalue weighted by Gasteiger charge is 2.42. The maximum absolute atomic E-state index is 13.1. The number of aromatic nitrogens is 2. The van der Waals surface area contributed by atoms with Crippen LogP contribution >= 0.6 is 0 Å². The van der Waals surface area contributed by atoms with Gasteiger partial charge in [-0.05, 0) is 63.0 Å². The van der Waals surface area contributed by atoms with Crippen LogP contribution in [-0.4, -0.2) is 41.9 Å². The Bertz CT molecular complexity index is 693. The molecule has 6 nitrogen and oxygen atoms in total. The highest BCUT2D eigenvalue weighted by Crippen LogP contribution is 2.27. The molecule has 1 saturated heterocycles. The van der Waals surface area contributed by atoms with E-state index in [4.69, 9.17) is 4.74 Å². The summed E-state index contributed by atoms with van der Waals surface area (Å²) in [6.45, 7) is 3.67. The van der Waals surface area contributed by atoms with E-state index < -0.39 is 5.54 Å². The van der Waals surface area contributed by atoms with Gasteiger partial charge in [-0.2, -0.15) is 5.10 Å². The molecule has 1 atom stereocenters. The van der Waals surface area contributed by atoms with Gasteiger partial charge in [0.05, 0.1) is 7.11 Å². The Hall–Kier alpha value is -2.34. The second kappa shape index (κ2) is 7.70. The maximum Gasteiger partial charge on any atom is 0.248 e. The summed E-state index contributed by atoms with van der Waals surface area (Å²) in [7, 11) is 1.66. The lowest BCUT2D eigenvalue weighted by Gasteiger charge is -2.37. The number of benzene rings is 1. The van der Waals surface area contributed by atoms with Crippen LogP contribution in [0.4, 0.5) is 0 Å². The van der Waals surface area contributed by atoms with Crippen molar-refractivity contribution in [3.63, 3.8) is 0 Å². The first kappa shape index (κ1) is 17.5. The molecule has 134 valence electrons.